The summed E-state index contributed by atoms with van der Waals surface area (Å²) in [7, 11) is 1.46. The van der Waals surface area contributed by atoms with Gasteiger partial charge in [0.25, 0.3) is 0 Å². The molecule has 0 saturated carbocycles. The number of nitrogens with one attached hydrogen (secondary N) is 3. The Morgan fingerprint density at radius 2 is 1.51 bits per heavy atom. The maximum atomic E-state index is 14.8. The molecule has 3 rings (SSSR count). The van der Waals surface area contributed by atoms with Crippen LogP contribution in [0.15, 0.2) is 36.4 Å². The summed E-state index contributed by atoms with van der Waals surface area (Å²) >= 11 is 0. The molecule has 0 unspecified atom stereocenters. The molecule has 1 aliphatic rings. The number of nitrogens with zero attached hydrogens (tertiary/aromatic N) is 2. The first-order valence-corrected chi connectivity index (χ1v) is 23.9. The average Bonchev–Trinajstić information content (AvgIpc) is 3.30. The molecule has 0 fully saturated rings. The van der Waals surface area contributed by atoms with Gasteiger partial charge in [0.1, 0.15) is 30.8 Å². The van der Waals surface area contributed by atoms with Crippen LogP contribution in [-0.4, -0.2) is 104 Å². The molecule has 0 saturated heterocycles. The molecule has 1 heterocycles. The Kier molecular flexibility index (Phi) is 24.8. The maximum Gasteiger partial charge on any atom is 0.226 e. The third-order valence-corrected chi connectivity index (χ3v) is 11.9. The van der Waals surface area contributed by atoms with Crippen LogP contribution in [0, 0.1) is 23.2 Å². The quantitative estimate of drug-likeness (QED) is 0.0657. The van der Waals surface area contributed by atoms with Crippen molar-refractivity contribution in [2.24, 2.45) is 29.0 Å². The molecule has 2 aromatic rings. The number of ketones is 3. The van der Waals surface area contributed by atoms with E-state index in [1.54, 1.807) is 43.3 Å². The van der Waals surface area contributed by atoms with Crippen LogP contribution in [0.1, 0.15) is 128 Å². The molecule has 17 nitrogen and oxygen atoms in total. The van der Waals surface area contributed by atoms with Crippen LogP contribution in [0.25, 0.3) is 11.1 Å². The van der Waals surface area contributed by atoms with Crippen LogP contribution in [0.3, 0.4) is 0 Å². The molecular weight excluding hydrogens is 857 g/mol. The van der Waals surface area contributed by atoms with Gasteiger partial charge in [-0.15, -0.1) is 0 Å². The van der Waals surface area contributed by atoms with Crippen LogP contribution >= 0.6 is 0 Å². The zero-order chi connectivity index (χ0) is 49.3. The molecule has 17 heteroatoms. The van der Waals surface area contributed by atoms with Crippen molar-refractivity contribution in [2.45, 2.75) is 135 Å². The Bertz CT molecular complexity index is 2020. The third-order valence-electron chi connectivity index (χ3n) is 11.9. The molecule has 1 aliphatic heterocycles. The van der Waals surface area contributed by atoms with Crippen molar-refractivity contribution in [3.05, 3.63) is 47.5 Å². The molecule has 5 atom stereocenters. The van der Waals surface area contributed by atoms with Crippen molar-refractivity contribution in [1.29, 1.82) is 5.26 Å². The van der Waals surface area contributed by atoms with Gasteiger partial charge in [-0.3, -0.25) is 33.6 Å². The first-order chi connectivity index (χ1) is 32.2. The van der Waals surface area contributed by atoms with Crippen LogP contribution in [0.2, 0.25) is 0 Å². The molecule has 67 heavy (non-hydrogen) atoms. The van der Waals surface area contributed by atoms with Crippen molar-refractivity contribution in [3.8, 4) is 28.7 Å². The number of fused-ring (bicyclic) bond motifs is 5. The highest BCUT2D eigenvalue weighted by molar-refractivity contribution is 5.97. The Morgan fingerprint density at radius 3 is 2.13 bits per heavy atom. The van der Waals surface area contributed by atoms with Gasteiger partial charge in [-0.25, -0.2) is 0 Å². The monoisotopic (exact) mass is 931 g/mol. The van der Waals surface area contributed by atoms with Crippen molar-refractivity contribution in [2.75, 3.05) is 46.4 Å². The highest BCUT2D eigenvalue weighted by Gasteiger charge is 2.37. The number of unbranched alkanes of at least 4 members (excludes halogenated alkanes) is 6. The summed E-state index contributed by atoms with van der Waals surface area (Å²) in [5.41, 5.74) is 19.8. The van der Waals surface area contributed by atoms with Crippen LogP contribution in [0.5, 0.6) is 11.5 Å². The molecule has 0 aromatic heterocycles. The average molecular weight is 931 g/mol. The minimum Gasteiger partial charge on any atom is -0.492 e. The van der Waals surface area contributed by atoms with E-state index in [1.807, 2.05) is 6.07 Å². The molecule has 9 N–H and O–H groups in total. The number of carbonyl (C=O) groups excluding carboxylic acids is 7. The number of amides is 4. The van der Waals surface area contributed by atoms with Crippen molar-refractivity contribution in [1.82, 2.24) is 20.9 Å². The highest BCUT2D eigenvalue weighted by Crippen LogP contribution is 2.41. The first kappa shape index (κ1) is 55.6. The lowest BCUT2D eigenvalue weighted by Crippen LogP contribution is -2.46. The standard InChI is InChI=1S/C50H74N8O9/c1-5-6-7-8-9-10-11-14-47(63)56-40(20-25-55-34(3)59)43(61)32-37(19-22-52)50(65)58(4)48-36-16-18-46(67-27-24-54)39(31-36)38-29-35(15-17-45(38)66-26-23-53)30-41(42(60)13-12-21-51)57-49(64)33(2)28-44(48)62/h15-18,29,31,33,37,40-41,48H,5-14,19-20,22-28,30,32,52-54H2,1-4H3,(H,55,59)(H,56,63)(H,57,64)/t33-,37-,40+,41+,48+/m1/s1. The fourth-order valence-electron chi connectivity index (χ4n) is 8.24. The zero-order valence-corrected chi connectivity index (χ0v) is 40.0. The van der Waals surface area contributed by atoms with Gasteiger partial charge in [-0.1, -0.05) is 64.5 Å². The first-order valence-electron chi connectivity index (χ1n) is 23.9. The number of nitrogens with two attached hydrogens (primary N) is 3. The topological polar surface area (TPSA) is 279 Å². The summed E-state index contributed by atoms with van der Waals surface area (Å²) in [4.78, 5) is 97.1. The van der Waals surface area contributed by atoms with Gasteiger partial charge in [0.2, 0.25) is 23.6 Å². The second-order valence-electron chi connectivity index (χ2n) is 17.4. The van der Waals surface area contributed by atoms with E-state index in [0.717, 1.165) is 32.1 Å². The van der Waals surface area contributed by atoms with Gasteiger partial charge in [-0.05, 0) is 67.6 Å². The van der Waals surface area contributed by atoms with Crippen LogP contribution in [-0.2, 0) is 40.0 Å². The lowest BCUT2D eigenvalue weighted by molar-refractivity contribution is -0.144. The molecule has 4 amide bonds. The van der Waals surface area contributed by atoms with Crippen molar-refractivity contribution < 1.29 is 43.0 Å². The van der Waals surface area contributed by atoms with Crippen LogP contribution in [0.4, 0.5) is 0 Å². The van der Waals surface area contributed by atoms with E-state index in [-0.39, 0.29) is 108 Å². The van der Waals surface area contributed by atoms with E-state index < -0.39 is 53.3 Å². The second kappa shape index (κ2) is 29.8. The lowest BCUT2D eigenvalue weighted by Gasteiger charge is -2.32. The number of ether oxygens (including phenoxy) is 2. The fourth-order valence-corrected chi connectivity index (χ4v) is 8.24. The number of likely N-dealkylation sites (N-methyl/N-ethyl adjacent to an activating group) is 1. The molecule has 0 spiro atoms. The Balaban J connectivity index is 2.10. The smallest absolute Gasteiger partial charge is 0.226 e. The van der Waals surface area contributed by atoms with Crippen molar-refractivity contribution in [3.63, 3.8) is 0 Å². The Hall–Kier alpha value is -5.70. The number of carbonyl (C=O) groups is 7. The number of hydrogen-bond donors (Lipinski definition) is 6. The minimum atomic E-state index is -1.29. The van der Waals surface area contributed by atoms with E-state index in [0.29, 0.717) is 40.2 Å². The second-order valence-corrected chi connectivity index (χ2v) is 17.4. The molecule has 4 bridgehead atoms. The van der Waals surface area contributed by atoms with Gasteiger partial charge in [0.05, 0.1) is 18.2 Å². The van der Waals surface area contributed by atoms with E-state index in [2.05, 4.69) is 22.9 Å². The van der Waals surface area contributed by atoms with Gasteiger partial charge >= 0.3 is 0 Å². The van der Waals surface area contributed by atoms with Crippen molar-refractivity contribution >= 4 is 41.0 Å². The largest absolute Gasteiger partial charge is 0.492 e. The summed E-state index contributed by atoms with van der Waals surface area (Å²) in [6, 6.07) is 9.03. The van der Waals surface area contributed by atoms with Crippen LogP contribution < -0.4 is 42.6 Å². The Morgan fingerprint density at radius 1 is 0.866 bits per heavy atom. The zero-order valence-electron chi connectivity index (χ0n) is 40.0. The summed E-state index contributed by atoms with van der Waals surface area (Å²) < 4.78 is 12.2. The highest BCUT2D eigenvalue weighted by atomic mass is 16.5. The third kappa shape index (κ3) is 18.1. The number of benzene rings is 2. The van der Waals surface area contributed by atoms with Gasteiger partial charge in [-0.2, -0.15) is 5.26 Å². The number of nitriles is 1. The SMILES string of the molecule is CCCCCCCCCC(=O)N[C@@H](CCNC(C)=O)C(=O)C[C@@H](CCN)C(=O)N(C)[C@@H]1C(=O)C[C@@H](C)C(=O)N[C@H](C(=O)CCC#N)Cc2ccc(OCCN)c(c2)-c2cc1ccc2OCCN. The predicted octanol–water partition coefficient (Wildman–Crippen LogP) is 4.11. The van der Waals surface area contributed by atoms with E-state index in [4.69, 9.17) is 26.7 Å². The van der Waals surface area contributed by atoms with Gasteiger partial charge in [0.15, 0.2) is 17.3 Å². The van der Waals surface area contributed by atoms with E-state index >= 15 is 0 Å². The molecule has 2 aromatic carbocycles. The summed E-state index contributed by atoms with van der Waals surface area (Å²) in [5.74, 6) is -4.14. The summed E-state index contributed by atoms with van der Waals surface area (Å²) in [6.45, 7) is 5.91. The number of rotatable bonds is 28. The summed E-state index contributed by atoms with van der Waals surface area (Å²) in [6.07, 6.45) is 6.83. The molecule has 368 valence electrons. The van der Waals surface area contributed by atoms with Gasteiger partial charge in [0, 0.05) is 88.7 Å². The van der Waals surface area contributed by atoms with Gasteiger partial charge < -0.3 is 47.5 Å². The normalized spacial score (nSPS) is 16.9. The lowest BCUT2D eigenvalue weighted by atomic mass is 9.88. The predicted molar refractivity (Wildman–Crippen MR) is 255 cm³/mol. The Labute approximate surface area is 396 Å². The number of hydrogen-bond acceptors (Lipinski definition) is 13. The fraction of sp³-hybridized carbons (Fsp3) is 0.600. The maximum absolute atomic E-state index is 14.8. The molecule has 0 aliphatic carbocycles. The van der Waals surface area contributed by atoms with E-state index in [1.165, 1.54) is 25.3 Å². The minimum absolute atomic E-state index is 0.0298. The number of Topliss-reactive ketones (excluding diaryl/α,β-unsaturated/α-hetero) is 3. The van der Waals surface area contributed by atoms with E-state index in [9.17, 15) is 38.8 Å². The molecular formula is C50H74N8O9. The summed E-state index contributed by atoms with van der Waals surface area (Å²) in [5, 5.41) is 17.6. The molecule has 0 radical (unpaired) electrons.